The Balaban J connectivity index is 1.87. The van der Waals surface area contributed by atoms with Crippen LogP contribution in [0.1, 0.15) is 17.5 Å². The number of benzene rings is 2. The van der Waals surface area contributed by atoms with Crippen molar-refractivity contribution in [1.29, 1.82) is 0 Å². The van der Waals surface area contributed by atoms with Crippen LogP contribution in [0.15, 0.2) is 42.5 Å². The molecular formula is C22H27N3O2S. The molecule has 1 aromatic heterocycles. The molecule has 0 saturated carbocycles. The van der Waals surface area contributed by atoms with Crippen LogP contribution in [0, 0.1) is 6.92 Å². The highest BCUT2D eigenvalue weighted by Gasteiger charge is 2.21. The van der Waals surface area contributed by atoms with E-state index in [0.717, 1.165) is 39.6 Å². The number of thiazole rings is 1. The Morgan fingerprint density at radius 3 is 2.54 bits per heavy atom. The van der Waals surface area contributed by atoms with Gasteiger partial charge in [0, 0.05) is 19.5 Å². The molecule has 1 amide bonds. The van der Waals surface area contributed by atoms with Gasteiger partial charge in [-0.05, 0) is 44.6 Å². The molecule has 0 saturated heterocycles. The summed E-state index contributed by atoms with van der Waals surface area (Å²) in [6, 6.07) is 14.1. The molecule has 1 heterocycles. The highest BCUT2D eigenvalue weighted by atomic mass is 32.1. The fraction of sp³-hybridized carbons (Fsp3) is 0.364. The molecule has 0 N–H and O–H groups in total. The zero-order chi connectivity index (χ0) is 20.1. The number of likely N-dealkylation sites (N-methyl/N-ethyl adjacent to an activating group) is 1. The lowest BCUT2D eigenvalue weighted by Crippen LogP contribution is -2.36. The zero-order valence-electron chi connectivity index (χ0n) is 16.9. The van der Waals surface area contributed by atoms with Crippen molar-refractivity contribution in [3.8, 4) is 5.75 Å². The van der Waals surface area contributed by atoms with E-state index in [1.54, 1.807) is 18.4 Å². The number of carbonyl (C=O) groups excluding carboxylic acids is 1. The fourth-order valence-electron chi connectivity index (χ4n) is 3.04. The summed E-state index contributed by atoms with van der Waals surface area (Å²) in [5.74, 6) is 0.841. The average Bonchev–Trinajstić information content (AvgIpc) is 3.13. The van der Waals surface area contributed by atoms with Crippen LogP contribution in [0.5, 0.6) is 5.75 Å². The van der Waals surface area contributed by atoms with E-state index in [9.17, 15) is 4.79 Å². The number of methoxy groups -OCH3 is 1. The molecule has 3 aromatic rings. The Labute approximate surface area is 170 Å². The summed E-state index contributed by atoms with van der Waals surface area (Å²) in [6.07, 6.45) is 1.19. The van der Waals surface area contributed by atoms with Crippen molar-refractivity contribution in [2.24, 2.45) is 0 Å². The van der Waals surface area contributed by atoms with Gasteiger partial charge in [0.15, 0.2) is 5.13 Å². The highest BCUT2D eigenvalue weighted by Crippen LogP contribution is 2.36. The van der Waals surface area contributed by atoms with Gasteiger partial charge in [0.1, 0.15) is 11.3 Å². The molecule has 2 aromatic carbocycles. The Morgan fingerprint density at radius 2 is 1.86 bits per heavy atom. The monoisotopic (exact) mass is 397 g/mol. The number of fused-ring (bicyclic) bond motifs is 1. The Bertz CT molecular complexity index is 938. The van der Waals surface area contributed by atoms with Gasteiger partial charge in [-0.3, -0.25) is 9.69 Å². The average molecular weight is 398 g/mol. The van der Waals surface area contributed by atoms with E-state index >= 15 is 0 Å². The first-order valence-corrected chi connectivity index (χ1v) is 10.2. The second kappa shape index (κ2) is 9.17. The van der Waals surface area contributed by atoms with Gasteiger partial charge in [0.05, 0.1) is 11.8 Å². The fourth-order valence-corrected chi connectivity index (χ4v) is 4.13. The number of aromatic nitrogens is 1. The lowest BCUT2D eigenvalue weighted by Gasteiger charge is -2.22. The lowest BCUT2D eigenvalue weighted by molar-refractivity contribution is -0.118. The Morgan fingerprint density at radius 1 is 1.11 bits per heavy atom. The molecule has 0 aliphatic heterocycles. The number of hydrogen-bond acceptors (Lipinski definition) is 5. The van der Waals surface area contributed by atoms with Gasteiger partial charge in [-0.1, -0.05) is 47.7 Å². The van der Waals surface area contributed by atoms with Gasteiger partial charge in [-0.25, -0.2) is 4.98 Å². The van der Waals surface area contributed by atoms with Gasteiger partial charge < -0.3 is 9.64 Å². The van der Waals surface area contributed by atoms with Gasteiger partial charge in [0.2, 0.25) is 5.91 Å². The van der Waals surface area contributed by atoms with E-state index < -0.39 is 0 Å². The van der Waals surface area contributed by atoms with Crippen LogP contribution in [0.4, 0.5) is 5.13 Å². The molecule has 148 valence electrons. The van der Waals surface area contributed by atoms with Crippen molar-refractivity contribution in [1.82, 2.24) is 9.88 Å². The maximum atomic E-state index is 13.1. The minimum Gasteiger partial charge on any atom is -0.494 e. The smallest absolute Gasteiger partial charge is 0.229 e. The summed E-state index contributed by atoms with van der Waals surface area (Å²) < 4.78 is 6.54. The first-order valence-electron chi connectivity index (χ1n) is 9.42. The van der Waals surface area contributed by atoms with Gasteiger partial charge in [-0.15, -0.1) is 0 Å². The summed E-state index contributed by atoms with van der Waals surface area (Å²) in [5.41, 5.74) is 3.14. The SMILES string of the molecule is COc1ccc(C)c2sc(N(CCN(C)C)C(=O)CCc3ccccc3)nc12. The summed E-state index contributed by atoms with van der Waals surface area (Å²) in [6.45, 7) is 3.45. The standard InChI is InChI=1S/C22H27N3O2S/c1-16-10-12-18(27-4)20-21(16)28-22(23-20)25(15-14-24(2)3)19(26)13-11-17-8-6-5-7-9-17/h5-10,12H,11,13-15H2,1-4H3. The molecule has 6 heteroatoms. The number of carbonyl (C=O) groups is 1. The topological polar surface area (TPSA) is 45.7 Å². The summed E-state index contributed by atoms with van der Waals surface area (Å²) in [7, 11) is 5.67. The molecule has 0 unspecified atom stereocenters. The normalized spacial score (nSPS) is 11.2. The number of ether oxygens (including phenoxy) is 1. The summed E-state index contributed by atoms with van der Waals surface area (Å²) >= 11 is 1.56. The van der Waals surface area contributed by atoms with E-state index in [0.29, 0.717) is 13.0 Å². The van der Waals surface area contributed by atoms with E-state index in [4.69, 9.17) is 9.72 Å². The van der Waals surface area contributed by atoms with Gasteiger partial charge >= 0.3 is 0 Å². The molecule has 28 heavy (non-hydrogen) atoms. The van der Waals surface area contributed by atoms with Crippen LogP contribution in [0.3, 0.4) is 0 Å². The predicted octanol–water partition coefficient (Wildman–Crippen LogP) is 4.14. The molecule has 0 bridgehead atoms. The molecular weight excluding hydrogens is 370 g/mol. The molecule has 0 radical (unpaired) electrons. The summed E-state index contributed by atoms with van der Waals surface area (Å²) in [4.78, 5) is 21.8. The second-order valence-electron chi connectivity index (χ2n) is 7.09. The Kier molecular flexibility index (Phi) is 6.65. The zero-order valence-corrected chi connectivity index (χ0v) is 17.8. The van der Waals surface area contributed by atoms with Crippen molar-refractivity contribution < 1.29 is 9.53 Å². The molecule has 0 fully saturated rings. The van der Waals surface area contributed by atoms with Crippen molar-refractivity contribution in [3.63, 3.8) is 0 Å². The molecule has 0 atom stereocenters. The third-order valence-electron chi connectivity index (χ3n) is 4.69. The van der Waals surface area contributed by atoms with Crippen molar-refractivity contribution in [2.75, 3.05) is 39.2 Å². The van der Waals surface area contributed by atoms with E-state index in [-0.39, 0.29) is 5.91 Å². The predicted molar refractivity (Wildman–Crippen MR) is 117 cm³/mol. The van der Waals surface area contributed by atoms with Crippen LogP contribution in [-0.4, -0.2) is 50.1 Å². The van der Waals surface area contributed by atoms with Crippen molar-refractivity contribution in [2.45, 2.75) is 19.8 Å². The van der Waals surface area contributed by atoms with Crippen molar-refractivity contribution >= 4 is 32.6 Å². The third-order valence-corrected chi connectivity index (χ3v) is 5.90. The van der Waals surface area contributed by atoms with Gasteiger partial charge in [0.25, 0.3) is 0 Å². The number of nitrogens with zero attached hydrogens (tertiary/aromatic N) is 3. The first kappa shape index (κ1) is 20.3. The first-order chi connectivity index (χ1) is 13.5. The van der Waals surface area contributed by atoms with Crippen LogP contribution in [-0.2, 0) is 11.2 Å². The maximum Gasteiger partial charge on any atom is 0.229 e. The van der Waals surface area contributed by atoms with Crippen LogP contribution >= 0.6 is 11.3 Å². The number of amides is 1. The minimum absolute atomic E-state index is 0.0985. The third kappa shape index (κ3) is 4.69. The molecule has 0 aliphatic rings. The molecule has 5 nitrogen and oxygen atoms in total. The van der Waals surface area contributed by atoms with Crippen LogP contribution in [0.2, 0.25) is 0 Å². The Hall–Kier alpha value is -2.44. The van der Waals surface area contributed by atoms with Crippen LogP contribution in [0.25, 0.3) is 10.2 Å². The highest BCUT2D eigenvalue weighted by molar-refractivity contribution is 7.22. The minimum atomic E-state index is 0.0985. The van der Waals surface area contributed by atoms with Crippen LogP contribution < -0.4 is 9.64 Å². The molecule has 0 aliphatic carbocycles. The van der Waals surface area contributed by atoms with E-state index in [1.165, 1.54) is 5.56 Å². The number of anilines is 1. The van der Waals surface area contributed by atoms with E-state index in [2.05, 4.69) is 24.0 Å². The lowest BCUT2D eigenvalue weighted by atomic mass is 10.1. The number of rotatable bonds is 8. The summed E-state index contributed by atoms with van der Waals surface area (Å²) in [5, 5.41) is 0.738. The quantitative estimate of drug-likeness (QED) is 0.573. The number of hydrogen-bond donors (Lipinski definition) is 0. The number of aryl methyl sites for hydroxylation is 2. The van der Waals surface area contributed by atoms with E-state index in [1.807, 2.05) is 49.3 Å². The van der Waals surface area contributed by atoms with Crippen molar-refractivity contribution in [3.05, 3.63) is 53.6 Å². The van der Waals surface area contributed by atoms with Gasteiger partial charge in [-0.2, -0.15) is 0 Å². The molecule has 0 spiro atoms. The maximum absolute atomic E-state index is 13.1. The largest absolute Gasteiger partial charge is 0.494 e. The molecule has 3 rings (SSSR count). The second-order valence-corrected chi connectivity index (χ2v) is 8.07.